The monoisotopic (exact) mass is 864 g/mol. The van der Waals surface area contributed by atoms with Crippen LogP contribution in [0.15, 0.2) is 212 Å². The van der Waals surface area contributed by atoms with E-state index in [0.29, 0.717) is 5.56 Å². The molecule has 0 aliphatic rings. The second-order valence-corrected chi connectivity index (χ2v) is 17.6. The molecule has 6 heteroatoms. The van der Waals surface area contributed by atoms with E-state index >= 15 is 8.78 Å². The van der Waals surface area contributed by atoms with Gasteiger partial charge in [0.25, 0.3) is 0 Å². The summed E-state index contributed by atoms with van der Waals surface area (Å²) >= 11 is 0. The Kier molecular flexibility index (Phi) is 7.93. The molecule has 4 nitrogen and oxygen atoms in total. The predicted octanol–water partition coefficient (Wildman–Crippen LogP) is 16.3. The zero-order valence-corrected chi connectivity index (χ0v) is 36.3. The molecular weight excluding hydrogens is 827 g/mol. The summed E-state index contributed by atoms with van der Waals surface area (Å²) in [6, 6.07) is 72.8. The molecule has 0 bridgehead atoms. The molecule has 4 heterocycles. The topological polar surface area (TPSA) is 19.7 Å². The molecule has 0 atom stereocenters. The van der Waals surface area contributed by atoms with Gasteiger partial charge >= 0.3 is 0 Å². The third-order valence-corrected chi connectivity index (χ3v) is 14.0. The number of rotatable bonds is 5. The fourth-order valence-corrected chi connectivity index (χ4v) is 11.3. The van der Waals surface area contributed by atoms with E-state index in [2.05, 4.69) is 213 Å². The molecule has 14 rings (SSSR count). The number of halogens is 2. The molecule has 14 aromatic rings. The molecule has 0 amide bonds. The van der Waals surface area contributed by atoms with Crippen molar-refractivity contribution in [3.63, 3.8) is 0 Å². The highest BCUT2D eigenvalue weighted by Gasteiger charge is 2.24. The Bertz CT molecular complexity index is 4260. The van der Waals surface area contributed by atoms with Gasteiger partial charge in [-0.05, 0) is 96.9 Å². The van der Waals surface area contributed by atoms with Crippen molar-refractivity contribution in [2.45, 2.75) is 6.92 Å². The van der Waals surface area contributed by atoms with E-state index in [4.69, 9.17) is 0 Å². The SMILES string of the molecule is Cc1c(-n2c3ccccc3c3ccc(-n4c5ccccc5c5ccccc54)cc32)ccc(-c2cc(F)cc(F)c2)c1-n1c2ccccc2c2ccc(-n3c4ccccc4c4ccccc43)cc21. The van der Waals surface area contributed by atoms with E-state index in [-0.39, 0.29) is 0 Å². The van der Waals surface area contributed by atoms with Crippen molar-refractivity contribution in [3.05, 3.63) is 230 Å². The molecule has 316 valence electrons. The second kappa shape index (κ2) is 14.1. The number of fused-ring (bicyclic) bond motifs is 12. The first kappa shape index (κ1) is 37.6. The van der Waals surface area contributed by atoms with Gasteiger partial charge in [0.1, 0.15) is 11.6 Å². The summed E-state index contributed by atoms with van der Waals surface area (Å²) in [6.45, 7) is 2.15. The maximum atomic E-state index is 15.4. The first-order valence-corrected chi connectivity index (χ1v) is 22.6. The maximum absolute atomic E-state index is 15.4. The largest absolute Gasteiger partial charge is 0.309 e. The van der Waals surface area contributed by atoms with Crippen molar-refractivity contribution >= 4 is 87.2 Å². The van der Waals surface area contributed by atoms with Crippen molar-refractivity contribution in [2.24, 2.45) is 0 Å². The summed E-state index contributed by atoms with van der Waals surface area (Å²) in [5.74, 6) is -1.25. The van der Waals surface area contributed by atoms with E-state index in [0.717, 1.165) is 106 Å². The van der Waals surface area contributed by atoms with E-state index in [1.165, 1.54) is 33.7 Å². The standard InChI is InChI=1S/C61H38F2N4/c1-37-52(66-57-24-12-6-18-48(57)50-28-26-41(35-59(50)66)64-53-20-8-2-14-44(53)45-15-3-9-21-54(45)64)31-30-43(38-32-39(62)34-40(63)33-38)61(37)67-58-25-13-7-19-49(58)51-29-27-42(36-60(51)67)65-55-22-10-4-16-46(55)47-17-5-11-23-56(47)65/h2-36H,1H3. The van der Waals surface area contributed by atoms with Gasteiger partial charge in [0.15, 0.2) is 0 Å². The smallest absolute Gasteiger partial charge is 0.126 e. The Balaban J connectivity index is 1.09. The van der Waals surface area contributed by atoms with Gasteiger partial charge in [-0.2, -0.15) is 0 Å². The first-order chi connectivity index (χ1) is 33.0. The third kappa shape index (κ3) is 5.38. The molecule has 0 N–H and O–H groups in total. The number of benzene rings is 10. The summed E-state index contributed by atoms with van der Waals surface area (Å²) in [7, 11) is 0. The lowest BCUT2D eigenvalue weighted by Gasteiger charge is -2.22. The molecule has 0 aliphatic carbocycles. The van der Waals surface area contributed by atoms with Gasteiger partial charge in [-0.3, -0.25) is 0 Å². The molecule has 0 aliphatic heterocycles. The summed E-state index contributed by atoms with van der Waals surface area (Å²) in [5.41, 5.74) is 14.6. The third-order valence-electron chi connectivity index (χ3n) is 14.0. The van der Waals surface area contributed by atoms with Crippen LogP contribution in [-0.4, -0.2) is 18.3 Å². The Labute approximate surface area is 383 Å². The van der Waals surface area contributed by atoms with Crippen LogP contribution in [0.1, 0.15) is 5.56 Å². The molecule has 0 spiro atoms. The van der Waals surface area contributed by atoms with Crippen LogP contribution in [0, 0.1) is 18.6 Å². The molecule has 4 aromatic heterocycles. The van der Waals surface area contributed by atoms with Gasteiger partial charge in [-0.25, -0.2) is 8.78 Å². The fraction of sp³-hybridized carbons (Fsp3) is 0.0164. The highest BCUT2D eigenvalue weighted by atomic mass is 19.1. The lowest BCUT2D eigenvalue weighted by molar-refractivity contribution is 0.584. The van der Waals surface area contributed by atoms with Crippen LogP contribution >= 0.6 is 0 Å². The van der Waals surface area contributed by atoms with E-state index in [9.17, 15) is 0 Å². The minimum absolute atomic E-state index is 0.461. The van der Waals surface area contributed by atoms with Gasteiger partial charge in [0.05, 0.1) is 55.5 Å². The average molecular weight is 865 g/mol. The van der Waals surface area contributed by atoms with Crippen LogP contribution in [0.2, 0.25) is 0 Å². The molecule has 10 aromatic carbocycles. The summed E-state index contributed by atoms with van der Waals surface area (Å²) in [5, 5.41) is 9.21. The van der Waals surface area contributed by atoms with Crippen LogP contribution in [-0.2, 0) is 0 Å². The molecule has 0 fully saturated rings. The minimum Gasteiger partial charge on any atom is -0.309 e. The molecule has 0 saturated heterocycles. The van der Waals surface area contributed by atoms with Gasteiger partial charge in [0.2, 0.25) is 0 Å². The van der Waals surface area contributed by atoms with Crippen molar-refractivity contribution in [2.75, 3.05) is 0 Å². The average Bonchev–Trinajstić information content (AvgIpc) is 4.08. The lowest BCUT2D eigenvalue weighted by atomic mass is 9.98. The summed E-state index contributed by atoms with van der Waals surface area (Å²) in [6.07, 6.45) is 0. The maximum Gasteiger partial charge on any atom is 0.126 e. The Hall–Kier alpha value is -8.74. The number of hydrogen-bond donors (Lipinski definition) is 0. The number of nitrogens with zero attached hydrogens (tertiary/aromatic N) is 4. The summed E-state index contributed by atoms with van der Waals surface area (Å²) < 4.78 is 40.2. The van der Waals surface area contributed by atoms with Crippen molar-refractivity contribution in [1.29, 1.82) is 0 Å². The number of para-hydroxylation sites is 6. The van der Waals surface area contributed by atoms with Crippen LogP contribution in [0.3, 0.4) is 0 Å². The molecule has 0 unspecified atom stereocenters. The van der Waals surface area contributed by atoms with Crippen molar-refractivity contribution < 1.29 is 8.78 Å². The Morgan fingerprint density at radius 1 is 0.299 bits per heavy atom. The predicted molar refractivity (Wildman–Crippen MR) is 274 cm³/mol. The van der Waals surface area contributed by atoms with Gasteiger partial charge in [0, 0.05) is 66.1 Å². The van der Waals surface area contributed by atoms with Crippen molar-refractivity contribution in [3.8, 4) is 33.9 Å². The van der Waals surface area contributed by atoms with Gasteiger partial charge < -0.3 is 18.3 Å². The second-order valence-electron chi connectivity index (χ2n) is 17.6. The van der Waals surface area contributed by atoms with Crippen LogP contribution in [0.5, 0.6) is 0 Å². The van der Waals surface area contributed by atoms with Gasteiger partial charge in [-0.15, -0.1) is 0 Å². The molecule has 0 saturated carbocycles. The van der Waals surface area contributed by atoms with Gasteiger partial charge in [-0.1, -0.05) is 127 Å². The molecular formula is C61H38F2N4. The van der Waals surface area contributed by atoms with E-state index in [1.54, 1.807) is 0 Å². The number of aromatic nitrogens is 4. The number of hydrogen-bond acceptors (Lipinski definition) is 0. The van der Waals surface area contributed by atoms with E-state index < -0.39 is 11.6 Å². The van der Waals surface area contributed by atoms with Crippen molar-refractivity contribution in [1.82, 2.24) is 18.3 Å². The summed E-state index contributed by atoms with van der Waals surface area (Å²) in [4.78, 5) is 0. The lowest BCUT2D eigenvalue weighted by Crippen LogP contribution is -2.06. The highest BCUT2D eigenvalue weighted by molar-refractivity contribution is 6.14. The van der Waals surface area contributed by atoms with Crippen LogP contribution in [0.4, 0.5) is 8.78 Å². The quantitative estimate of drug-likeness (QED) is 0.164. The zero-order valence-electron chi connectivity index (χ0n) is 36.3. The van der Waals surface area contributed by atoms with E-state index in [1.807, 2.05) is 6.07 Å². The van der Waals surface area contributed by atoms with Crippen LogP contribution in [0.25, 0.3) is 121 Å². The highest BCUT2D eigenvalue weighted by Crippen LogP contribution is 2.44. The Morgan fingerprint density at radius 2 is 0.642 bits per heavy atom. The molecule has 67 heavy (non-hydrogen) atoms. The normalized spacial score (nSPS) is 12.1. The fourth-order valence-electron chi connectivity index (χ4n) is 11.3. The minimum atomic E-state index is -0.626. The zero-order chi connectivity index (χ0) is 44.5. The Morgan fingerprint density at radius 3 is 1.06 bits per heavy atom. The van der Waals surface area contributed by atoms with Crippen LogP contribution < -0.4 is 0 Å². The molecule has 0 radical (unpaired) electrons. The first-order valence-electron chi connectivity index (χ1n) is 22.6.